The topological polar surface area (TPSA) is 35.9 Å². The highest BCUT2D eigenvalue weighted by Gasteiger charge is 2.22. The second kappa shape index (κ2) is 12.6. The number of hydrogen-bond donors (Lipinski definition) is 0. The summed E-state index contributed by atoms with van der Waals surface area (Å²) in [7, 11) is 0. The van der Waals surface area contributed by atoms with Crippen LogP contribution in [0.1, 0.15) is 5.56 Å². The Balaban J connectivity index is 1.04. The smallest absolute Gasteiger partial charge is 0.255 e. The number of fused-ring (bicyclic) bond motifs is 11. The van der Waals surface area contributed by atoms with E-state index in [2.05, 4.69) is 209 Å². The molecule has 5 nitrogen and oxygen atoms in total. The van der Waals surface area contributed by atoms with Crippen LogP contribution in [0.3, 0.4) is 0 Å². The van der Waals surface area contributed by atoms with E-state index in [-0.39, 0.29) is 0 Å². The fourth-order valence-electron chi connectivity index (χ4n) is 9.06. The van der Waals surface area contributed by atoms with E-state index in [1.54, 1.807) is 0 Å². The molecule has 272 valence electrons. The summed E-state index contributed by atoms with van der Waals surface area (Å²) in [5.41, 5.74) is 8.71. The highest BCUT2D eigenvalue weighted by atomic mass is 16.5. The number of ether oxygens (including phenoxy) is 1. The van der Waals surface area contributed by atoms with Gasteiger partial charge in [-0.2, -0.15) is 9.13 Å². The van der Waals surface area contributed by atoms with E-state index in [1.165, 1.54) is 43.3 Å². The van der Waals surface area contributed by atoms with Crippen molar-refractivity contribution in [2.75, 3.05) is 0 Å². The largest absolute Gasteiger partial charge is 0.457 e. The number of rotatable bonds is 5. The maximum atomic E-state index is 6.76. The Morgan fingerprint density at radius 1 is 0.483 bits per heavy atom. The van der Waals surface area contributed by atoms with Crippen LogP contribution in [-0.2, 0) is 0 Å². The van der Waals surface area contributed by atoms with Gasteiger partial charge in [0.25, 0.3) is 6.33 Å². The van der Waals surface area contributed by atoms with Gasteiger partial charge in [0.1, 0.15) is 28.7 Å². The average molecular weight is 744 g/mol. The van der Waals surface area contributed by atoms with Gasteiger partial charge in [-0.15, -0.1) is 0 Å². The summed E-state index contributed by atoms with van der Waals surface area (Å²) in [6, 6.07) is 66.7. The molecule has 0 fully saturated rings. The molecule has 12 aromatic rings. The molecule has 0 N–H and O–H groups in total. The number of benzene rings is 9. The van der Waals surface area contributed by atoms with Gasteiger partial charge in [0.2, 0.25) is 0 Å². The summed E-state index contributed by atoms with van der Waals surface area (Å²) < 4.78 is 13.6. The fourth-order valence-corrected chi connectivity index (χ4v) is 9.06. The van der Waals surface area contributed by atoms with Gasteiger partial charge >= 0.3 is 0 Å². The first-order chi connectivity index (χ1) is 28.7. The molecular weight excluding hydrogens is 709 g/mol. The molecule has 0 radical (unpaired) electrons. The van der Waals surface area contributed by atoms with Crippen molar-refractivity contribution >= 4 is 76.1 Å². The standard InChI is InChI=1S/C53H35N4O/c1-34-12-10-15-37(30-34)55-33-56(49-23-9-8-22-48(49)55)38-16-11-17-39(31-38)58-40-26-28-44-43-20-6-7-21-47(43)57(50(44)32-40)53-45-27-24-35-13-2-4-18-41(35)51(45)52-42-19-5-3-14-36(42)25-29-46(52)54-53/h2-33H,1H3/q+1. The zero-order chi connectivity index (χ0) is 38.3. The number of nitrogens with zero attached hydrogens (tertiary/aromatic N) is 4. The highest BCUT2D eigenvalue weighted by Crippen LogP contribution is 2.42. The Kier molecular flexibility index (Phi) is 7.07. The Morgan fingerprint density at radius 2 is 1.16 bits per heavy atom. The molecule has 0 atom stereocenters. The van der Waals surface area contributed by atoms with Crippen molar-refractivity contribution in [2.45, 2.75) is 6.92 Å². The van der Waals surface area contributed by atoms with Gasteiger partial charge in [-0.1, -0.05) is 109 Å². The lowest BCUT2D eigenvalue weighted by Crippen LogP contribution is -2.28. The van der Waals surface area contributed by atoms with Crippen LogP contribution >= 0.6 is 0 Å². The van der Waals surface area contributed by atoms with E-state index in [0.29, 0.717) is 0 Å². The van der Waals surface area contributed by atoms with Gasteiger partial charge in [-0.05, 0) is 101 Å². The van der Waals surface area contributed by atoms with Gasteiger partial charge < -0.3 is 4.74 Å². The maximum absolute atomic E-state index is 6.76. The summed E-state index contributed by atoms with van der Waals surface area (Å²) in [6.45, 7) is 2.13. The molecule has 0 aliphatic rings. The van der Waals surface area contributed by atoms with Crippen molar-refractivity contribution in [1.82, 2.24) is 14.1 Å². The van der Waals surface area contributed by atoms with Crippen LogP contribution in [0.25, 0.3) is 93.3 Å². The molecule has 9 aromatic carbocycles. The van der Waals surface area contributed by atoms with Crippen LogP contribution in [0.4, 0.5) is 0 Å². The van der Waals surface area contributed by atoms with Crippen molar-refractivity contribution in [3.8, 4) is 28.7 Å². The molecule has 0 spiro atoms. The third kappa shape index (κ3) is 4.97. The second-order valence-corrected chi connectivity index (χ2v) is 15.1. The third-order valence-corrected chi connectivity index (χ3v) is 11.7. The zero-order valence-corrected chi connectivity index (χ0v) is 31.7. The van der Waals surface area contributed by atoms with Crippen molar-refractivity contribution in [3.63, 3.8) is 0 Å². The lowest BCUT2D eigenvalue weighted by Gasteiger charge is -2.16. The summed E-state index contributed by atoms with van der Waals surface area (Å²) >= 11 is 0. The van der Waals surface area contributed by atoms with Gasteiger partial charge in [0.05, 0.1) is 16.6 Å². The van der Waals surface area contributed by atoms with Crippen molar-refractivity contribution in [3.05, 3.63) is 200 Å². The normalized spacial score (nSPS) is 11.9. The Hall–Kier alpha value is -7.76. The predicted octanol–water partition coefficient (Wildman–Crippen LogP) is 13.1. The summed E-state index contributed by atoms with van der Waals surface area (Å²) in [6.07, 6.45) is 2.16. The number of aryl methyl sites for hydroxylation is 1. The SMILES string of the molecule is Cc1cccc(-[n+]2cn(-c3cccc(Oc4ccc5c6ccccc6n(-c6nc7ccc8ccccc8c7c7c6ccc6ccccc67)c5c4)c3)c3ccccc32)c1. The predicted molar refractivity (Wildman–Crippen MR) is 238 cm³/mol. The number of hydrogen-bond acceptors (Lipinski definition) is 2. The Labute approximate surface area is 333 Å². The minimum absolute atomic E-state index is 0.752. The first-order valence-corrected chi connectivity index (χ1v) is 19.7. The molecule has 0 aliphatic carbocycles. The molecule has 0 amide bonds. The van der Waals surface area contributed by atoms with Crippen LogP contribution in [0.2, 0.25) is 0 Å². The molecule has 12 rings (SSSR count). The first-order valence-electron chi connectivity index (χ1n) is 19.7. The van der Waals surface area contributed by atoms with Crippen LogP contribution in [0.15, 0.2) is 194 Å². The quantitative estimate of drug-likeness (QED) is 0.130. The van der Waals surface area contributed by atoms with E-state index in [1.807, 2.05) is 6.07 Å². The fraction of sp³-hybridized carbons (Fsp3) is 0.0189. The summed E-state index contributed by atoms with van der Waals surface area (Å²) in [4.78, 5) is 5.53. The van der Waals surface area contributed by atoms with Crippen molar-refractivity contribution in [2.24, 2.45) is 0 Å². The van der Waals surface area contributed by atoms with Gasteiger partial charge in [0.15, 0.2) is 11.0 Å². The van der Waals surface area contributed by atoms with Crippen LogP contribution < -0.4 is 9.30 Å². The number of imidazole rings is 1. The van der Waals surface area contributed by atoms with Crippen molar-refractivity contribution in [1.29, 1.82) is 0 Å². The zero-order valence-electron chi connectivity index (χ0n) is 31.7. The Bertz CT molecular complexity index is 3630. The minimum atomic E-state index is 0.752. The number of para-hydroxylation sites is 3. The molecule has 58 heavy (non-hydrogen) atoms. The van der Waals surface area contributed by atoms with Crippen molar-refractivity contribution < 1.29 is 9.30 Å². The monoisotopic (exact) mass is 743 g/mol. The summed E-state index contributed by atoms with van der Waals surface area (Å²) in [5.74, 6) is 2.41. The third-order valence-electron chi connectivity index (χ3n) is 11.7. The van der Waals surface area contributed by atoms with Gasteiger partial charge in [-0.25, -0.2) is 4.98 Å². The molecule has 5 heteroatoms. The minimum Gasteiger partial charge on any atom is -0.457 e. The highest BCUT2D eigenvalue weighted by molar-refractivity contribution is 6.28. The number of aromatic nitrogens is 4. The molecule has 0 saturated carbocycles. The van der Waals surface area contributed by atoms with Crippen LogP contribution in [-0.4, -0.2) is 14.1 Å². The molecular formula is C53H35N4O+. The molecule has 0 saturated heterocycles. The van der Waals surface area contributed by atoms with E-state index >= 15 is 0 Å². The first kappa shape index (κ1) is 32.5. The second-order valence-electron chi connectivity index (χ2n) is 15.1. The van der Waals surface area contributed by atoms with E-state index in [0.717, 1.165) is 67.0 Å². The average Bonchev–Trinajstić information content (AvgIpc) is 3.82. The molecule has 0 bridgehead atoms. The molecule has 0 aliphatic heterocycles. The van der Waals surface area contributed by atoms with Crippen LogP contribution in [0, 0.1) is 6.92 Å². The summed E-state index contributed by atoms with van der Waals surface area (Å²) in [5, 5.41) is 10.6. The van der Waals surface area contributed by atoms with Crippen LogP contribution in [0.5, 0.6) is 11.5 Å². The van der Waals surface area contributed by atoms with E-state index in [9.17, 15) is 0 Å². The lowest BCUT2D eigenvalue weighted by molar-refractivity contribution is -0.567. The number of pyridine rings is 1. The molecule has 3 heterocycles. The maximum Gasteiger partial charge on any atom is 0.255 e. The van der Waals surface area contributed by atoms with E-state index < -0.39 is 0 Å². The Morgan fingerprint density at radius 3 is 2.00 bits per heavy atom. The van der Waals surface area contributed by atoms with E-state index in [4.69, 9.17) is 9.72 Å². The molecule has 0 unspecified atom stereocenters. The molecule has 3 aromatic heterocycles. The lowest BCUT2D eigenvalue weighted by atomic mass is 9.95. The van der Waals surface area contributed by atoms with Gasteiger partial charge in [-0.3, -0.25) is 4.57 Å². The van der Waals surface area contributed by atoms with Gasteiger partial charge in [0, 0.05) is 39.1 Å².